The van der Waals surface area contributed by atoms with Crippen molar-refractivity contribution in [1.82, 2.24) is 0 Å². The molecule has 2 aromatic rings. The molecule has 0 aromatic heterocycles. The lowest BCUT2D eigenvalue weighted by Gasteiger charge is -2.14. The second kappa shape index (κ2) is 6.25. The van der Waals surface area contributed by atoms with Crippen LogP contribution in [0.2, 0.25) is 0 Å². The van der Waals surface area contributed by atoms with Gasteiger partial charge in [-0.25, -0.2) is 0 Å². The summed E-state index contributed by atoms with van der Waals surface area (Å²) in [6, 6.07) is 15.5. The normalized spacial score (nSPS) is 11.9. The Kier molecular flexibility index (Phi) is 4.42. The van der Waals surface area contributed by atoms with Crippen molar-refractivity contribution in [2.75, 3.05) is 13.7 Å². The van der Waals surface area contributed by atoms with Crippen molar-refractivity contribution in [3.63, 3.8) is 0 Å². The van der Waals surface area contributed by atoms with E-state index in [9.17, 15) is 0 Å². The number of ether oxygens (including phenoxy) is 2. The van der Waals surface area contributed by atoms with Gasteiger partial charge in [0.1, 0.15) is 18.1 Å². The number of aryl methyl sites for hydroxylation is 1. The van der Waals surface area contributed by atoms with Crippen molar-refractivity contribution in [2.45, 2.75) is 13.0 Å². The lowest BCUT2D eigenvalue weighted by molar-refractivity contribution is 0.290. The third-order valence-corrected chi connectivity index (χ3v) is 2.96. The van der Waals surface area contributed by atoms with E-state index >= 15 is 0 Å². The van der Waals surface area contributed by atoms with E-state index in [-0.39, 0.29) is 6.04 Å². The molecule has 3 heteroatoms. The molecule has 0 heterocycles. The van der Waals surface area contributed by atoms with Gasteiger partial charge >= 0.3 is 0 Å². The van der Waals surface area contributed by atoms with Gasteiger partial charge in [0, 0.05) is 0 Å². The molecule has 0 saturated carbocycles. The number of hydrogen-bond acceptors (Lipinski definition) is 3. The number of hydrogen-bond donors (Lipinski definition) is 1. The first-order chi connectivity index (χ1) is 9.19. The zero-order valence-electron chi connectivity index (χ0n) is 11.3. The SMILES string of the molecule is COc1ccc(OCC(N)c2cccc(C)c2)cc1. The van der Waals surface area contributed by atoms with Crippen LogP contribution in [0.15, 0.2) is 48.5 Å². The Morgan fingerprint density at radius 1 is 1.05 bits per heavy atom. The minimum atomic E-state index is -0.123. The molecular weight excluding hydrogens is 238 g/mol. The van der Waals surface area contributed by atoms with Crippen molar-refractivity contribution >= 4 is 0 Å². The van der Waals surface area contributed by atoms with E-state index in [0.717, 1.165) is 17.1 Å². The van der Waals surface area contributed by atoms with Gasteiger partial charge < -0.3 is 15.2 Å². The fourth-order valence-corrected chi connectivity index (χ4v) is 1.85. The topological polar surface area (TPSA) is 44.5 Å². The highest BCUT2D eigenvalue weighted by Gasteiger charge is 2.07. The molecule has 0 radical (unpaired) electrons. The van der Waals surface area contributed by atoms with Gasteiger partial charge in [0.05, 0.1) is 13.2 Å². The van der Waals surface area contributed by atoms with Crippen LogP contribution in [0.3, 0.4) is 0 Å². The van der Waals surface area contributed by atoms with Crippen LogP contribution >= 0.6 is 0 Å². The minimum Gasteiger partial charge on any atom is -0.497 e. The first-order valence-corrected chi connectivity index (χ1v) is 6.28. The highest BCUT2D eigenvalue weighted by molar-refractivity contribution is 5.31. The zero-order chi connectivity index (χ0) is 13.7. The standard InChI is InChI=1S/C16H19NO2/c1-12-4-3-5-13(10-12)16(17)11-19-15-8-6-14(18-2)7-9-15/h3-10,16H,11,17H2,1-2H3. The molecule has 3 nitrogen and oxygen atoms in total. The molecule has 0 saturated heterocycles. The second-order valence-corrected chi connectivity index (χ2v) is 4.51. The minimum absolute atomic E-state index is 0.123. The van der Waals surface area contributed by atoms with E-state index in [1.807, 2.05) is 36.4 Å². The predicted octanol–water partition coefficient (Wildman–Crippen LogP) is 3.08. The van der Waals surface area contributed by atoms with Crippen molar-refractivity contribution in [3.8, 4) is 11.5 Å². The van der Waals surface area contributed by atoms with Gasteiger partial charge in [-0.2, -0.15) is 0 Å². The molecule has 0 fully saturated rings. The van der Waals surface area contributed by atoms with Crippen molar-refractivity contribution < 1.29 is 9.47 Å². The van der Waals surface area contributed by atoms with E-state index in [4.69, 9.17) is 15.2 Å². The molecule has 0 aliphatic rings. The van der Waals surface area contributed by atoms with Crippen LogP contribution < -0.4 is 15.2 Å². The van der Waals surface area contributed by atoms with Crippen molar-refractivity contribution in [2.24, 2.45) is 5.73 Å². The Morgan fingerprint density at radius 3 is 2.37 bits per heavy atom. The molecule has 19 heavy (non-hydrogen) atoms. The first-order valence-electron chi connectivity index (χ1n) is 6.28. The fraction of sp³-hybridized carbons (Fsp3) is 0.250. The molecule has 0 bridgehead atoms. The van der Waals surface area contributed by atoms with Crippen LogP contribution in [-0.2, 0) is 0 Å². The average molecular weight is 257 g/mol. The molecule has 2 N–H and O–H groups in total. The number of nitrogens with two attached hydrogens (primary N) is 1. The number of rotatable bonds is 5. The first kappa shape index (κ1) is 13.4. The van der Waals surface area contributed by atoms with E-state index in [2.05, 4.69) is 19.1 Å². The summed E-state index contributed by atoms with van der Waals surface area (Å²) in [5.74, 6) is 1.61. The van der Waals surface area contributed by atoms with E-state index in [1.165, 1.54) is 5.56 Å². The van der Waals surface area contributed by atoms with Crippen LogP contribution in [0.4, 0.5) is 0 Å². The summed E-state index contributed by atoms with van der Waals surface area (Å²) in [6.45, 7) is 2.51. The maximum Gasteiger partial charge on any atom is 0.119 e. The monoisotopic (exact) mass is 257 g/mol. The molecule has 2 rings (SSSR count). The number of methoxy groups -OCH3 is 1. The summed E-state index contributed by atoms with van der Waals surface area (Å²) in [4.78, 5) is 0. The molecule has 0 spiro atoms. The molecule has 1 unspecified atom stereocenters. The van der Waals surface area contributed by atoms with Crippen LogP contribution in [0, 0.1) is 6.92 Å². The van der Waals surface area contributed by atoms with Crippen molar-refractivity contribution in [3.05, 3.63) is 59.7 Å². The highest BCUT2D eigenvalue weighted by Crippen LogP contribution is 2.19. The predicted molar refractivity (Wildman–Crippen MR) is 76.6 cm³/mol. The summed E-state index contributed by atoms with van der Waals surface area (Å²) in [5.41, 5.74) is 8.42. The summed E-state index contributed by atoms with van der Waals surface area (Å²) >= 11 is 0. The largest absolute Gasteiger partial charge is 0.497 e. The lowest BCUT2D eigenvalue weighted by Crippen LogP contribution is -2.19. The van der Waals surface area contributed by atoms with Crippen LogP contribution in [0.25, 0.3) is 0 Å². The molecular formula is C16H19NO2. The fourth-order valence-electron chi connectivity index (χ4n) is 1.85. The maximum absolute atomic E-state index is 6.12. The Labute approximate surface area is 114 Å². The van der Waals surface area contributed by atoms with Crippen LogP contribution in [0.1, 0.15) is 17.2 Å². The molecule has 2 aromatic carbocycles. The van der Waals surface area contributed by atoms with Gasteiger partial charge in [0.2, 0.25) is 0 Å². The summed E-state index contributed by atoms with van der Waals surface area (Å²) in [7, 11) is 1.64. The zero-order valence-corrected chi connectivity index (χ0v) is 11.3. The Bertz CT molecular complexity index is 523. The van der Waals surface area contributed by atoms with Gasteiger partial charge in [-0.3, -0.25) is 0 Å². The average Bonchev–Trinajstić information content (AvgIpc) is 2.45. The molecule has 0 aliphatic heterocycles. The van der Waals surface area contributed by atoms with Gasteiger partial charge in [-0.05, 0) is 36.8 Å². The number of benzene rings is 2. The maximum atomic E-state index is 6.12. The Balaban J connectivity index is 1.94. The summed E-state index contributed by atoms with van der Waals surface area (Å²) in [6.07, 6.45) is 0. The van der Waals surface area contributed by atoms with Crippen LogP contribution in [-0.4, -0.2) is 13.7 Å². The van der Waals surface area contributed by atoms with Gasteiger partial charge in [0.25, 0.3) is 0 Å². The van der Waals surface area contributed by atoms with Gasteiger partial charge in [0.15, 0.2) is 0 Å². The quantitative estimate of drug-likeness (QED) is 0.895. The van der Waals surface area contributed by atoms with Crippen LogP contribution in [0.5, 0.6) is 11.5 Å². The summed E-state index contributed by atoms with van der Waals surface area (Å²) in [5, 5.41) is 0. The van der Waals surface area contributed by atoms with Gasteiger partial charge in [-0.1, -0.05) is 29.8 Å². The van der Waals surface area contributed by atoms with Crippen molar-refractivity contribution in [1.29, 1.82) is 0 Å². The van der Waals surface area contributed by atoms with E-state index < -0.39 is 0 Å². The molecule has 1 atom stereocenters. The highest BCUT2D eigenvalue weighted by atomic mass is 16.5. The van der Waals surface area contributed by atoms with E-state index in [1.54, 1.807) is 7.11 Å². The second-order valence-electron chi connectivity index (χ2n) is 4.51. The molecule has 0 amide bonds. The Morgan fingerprint density at radius 2 is 1.74 bits per heavy atom. The molecule has 0 aliphatic carbocycles. The smallest absolute Gasteiger partial charge is 0.119 e. The third kappa shape index (κ3) is 3.73. The third-order valence-electron chi connectivity index (χ3n) is 2.96. The molecule has 100 valence electrons. The van der Waals surface area contributed by atoms with E-state index in [0.29, 0.717) is 6.61 Å². The van der Waals surface area contributed by atoms with Gasteiger partial charge in [-0.15, -0.1) is 0 Å². The lowest BCUT2D eigenvalue weighted by atomic mass is 10.1. The summed E-state index contributed by atoms with van der Waals surface area (Å²) < 4.78 is 10.8. The Hall–Kier alpha value is -2.00.